The molecule has 0 spiro atoms. The van der Waals surface area contributed by atoms with Gasteiger partial charge in [0.05, 0.1) is 11.5 Å². The van der Waals surface area contributed by atoms with Crippen LogP contribution in [0.2, 0.25) is 0 Å². The number of ether oxygens (including phenoxy) is 1. The van der Waals surface area contributed by atoms with Crippen LogP contribution in [0.25, 0.3) is 0 Å². The molecule has 0 saturated carbocycles. The lowest BCUT2D eigenvalue weighted by atomic mass is 9.90. The maximum absolute atomic E-state index is 12.6. The summed E-state index contributed by atoms with van der Waals surface area (Å²) in [5, 5.41) is 33.9. The number of nitrogens with one attached hydrogen (secondary N) is 1. The van der Waals surface area contributed by atoms with Crippen molar-refractivity contribution < 1.29 is 29.6 Å². The summed E-state index contributed by atoms with van der Waals surface area (Å²) in [7, 11) is 0. The van der Waals surface area contributed by atoms with Crippen LogP contribution in [-0.2, 0) is 21.9 Å². The van der Waals surface area contributed by atoms with Crippen LogP contribution in [0.4, 0.5) is 0 Å². The lowest BCUT2D eigenvalue weighted by Gasteiger charge is -2.28. The van der Waals surface area contributed by atoms with Gasteiger partial charge in [-0.15, -0.1) is 0 Å². The van der Waals surface area contributed by atoms with Crippen LogP contribution in [0, 0.1) is 0 Å². The second-order valence-electron chi connectivity index (χ2n) is 7.76. The van der Waals surface area contributed by atoms with Crippen molar-refractivity contribution in [2.75, 3.05) is 0 Å². The minimum Gasteiger partial charge on any atom is -0.478 e. The van der Waals surface area contributed by atoms with Crippen LogP contribution in [-0.4, -0.2) is 27.3 Å². The fourth-order valence-corrected chi connectivity index (χ4v) is 3.98. The lowest BCUT2D eigenvalue weighted by molar-refractivity contribution is -0.146. The first-order valence-electron chi connectivity index (χ1n) is 10.2. The molecule has 3 aromatic rings. The molecule has 0 aliphatic carbocycles. The molecule has 1 heterocycles. The number of carbonyl (C=O) groups is 2. The van der Waals surface area contributed by atoms with Crippen molar-refractivity contribution >= 4 is 11.9 Å². The quantitative estimate of drug-likeness (QED) is 0.442. The van der Waals surface area contributed by atoms with E-state index in [4.69, 9.17) is 4.74 Å². The summed E-state index contributed by atoms with van der Waals surface area (Å²) in [5.74, 6) is -1.98. The van der Waals surface area contributed by atoms with E-state index in [0.717, 1.165) is 5.56 Å². The number of carboxylic acids is 1. The third kappa shape index (κ3) is 3.89. The molecule has 32 heavy (non-hydrogen) atoms. The molecule has 3 unspecified atom stereocenters. The standard InChI is InChI=1S/C25H23NO6/c1-15(16-7-3-2-4-8-16)24(30)32-14-18-9-5-6-10-20(18)25(31)21-12-11-17(23(28)29)13-19(21)22(27)26-25/h2-13,15,22,26-27,31H,14H2,1H3,(H,28,29). The highest BCUT2D eigenvalue weighted by atomic mass is 16.5. The van der Waals surface area contributed by atoms with E-state index in [2.05, 4.69) is 5.32 Å². The number of esters is 1. The highest BCUT2D eigenvalue weighted by Crippen LogP contribution is 2.41. The van der Waals surface area contributed by atoms with Gasteiger partial charge >= 0.3 is 11.9 Å². The maximum Gasteiger partial charge on any atom is 0.335 e. The Morgan fingerprint density at radius 2 is 1.72 bits per heavy atom. The average molecular weight is 433 g/mol. The first-order valence-corrected chi connectivity index (χ1v) is 10.2. The third-order valence-electron chi connectivity index (χ3n) is 5.76. The number of aromatic carboxylic acids is 1. The van der Waals surface area contributed by atoms with Gasteiger partial charge in [-0.3, -0.25) is 10.1 Å². The number of carboxylic acid groups (broad SMARTS) is 1. The molecule has 4 rings (SSSR count). The largest absolute Gasteiger partial charge is 0.478 e. The lowest BCUT2D eigenvalue weighted by Crippen LogP contribution is -2.40. The van der Waals surface area contributed by atoms with Gasteiger partial charge in [0.2, 0.25) is 0 Å². The number of benzene rings is 3. The molecule has 0 aromatic heterocycles. The molecule has 0 amide bonds. The third-order valence-corrected chi connectivity index (χ3v) is 5.76. The van der Waals surface area contributed by atoms with E-state index in [0.29, 0.717) is 16.7 Å². The van der Waals surface area contributed by atoms with E-state index in [-0.39, 0.29) is 17.7 Å². The molecule has 164 valence electrons. The summed E-state index contributed by atoms with van der Waals surface area (Å²) in [5.41, 5.74) is 0.641. The monoisotopic (exact) mass is 433 g/mol. The molecule has 3 aromatic carbocycles. The summed E-state index contributed by atoms with van der Waals surface area (Å²) in [6.07, 6.45) is -1.26. The maximum atomic E-state index is 12.6. The predicted molar refractivity (Wildman–Crippen MR) is 116 cm³/mol. The Morgan fingerprint density at radius 3 is 2.44 bits per heavy atom. The van der Waals surface area contributed by atoms with Crippen LogP contribution in [0.5, 0.6) is 0 Å². The molecule has 3 atom stereocenters. The minimum absolute atomic E-state index is 0.00552. The highest BCUT2D eigenvalue weighted by molar-refractivity contribution is 5.88. The SMILES string of the molecule is CC(C(=O)OCc1ccccc1C1(O)NC(O)c2cc(C(=O)O)ccc21)c1ccccc1. The van der Waals surface area contributed by atoms with E-state index >= 15 is 0 Å². The van der Waals surface area contributed by atoms with E-state index in [9.17, 15) is 24.9 Å². The second kappa shape index (κ2) is 8.55. The summed E-state index contributed by atoms with van der Waals surface area (Å²) < 4.78 is 5.54. The van der Waals surface area contributed by atoms with Crippen molar-refractivity contribution in [3.63, 3.8) is 0 Å². The normalized spacial score (nSPS) is 20.4. The van der Waals surface area contributed by atoms with Crippen LogP contribution >= 0.6 is 0 Å². The number of aliphatic hydroxyl groups excluding tert-OH is 1. The van der Waals surface area contributed by atoms with E-state index in [1.54, 1.807) is 31.2 Å². The van der Waals surface area contributed by atoms with Gasteiger partial charge in [0.25, 0.3) is 0 Å². The summed E-state index contributed by atoms with van der Waals surface area (Å²) in [4.78, 5) is 23.9. The number of fused-ring (bicyclic) bond motifs is 1. The van der Waals surface area contributed by atoms with Crippen LogP contribution < -0.4 is 5.32 Å². The van der Waals surface area contributed by atoms with Gasteiger partial charge in [-0.2, -0.15) is 0 Å². The molecular formula is C25H23NO6. The number of rotatable bonds is 6. The first kappa shape index (κ1) is 21.7. The Kier molecular flexibility index (Phi) is 5.80. The number of hydrogen-bond donors (Lipinski definition) is 4. The predicted octanol–water partition coefficient (Wildman–Crippen LogP) is 3.02. The van der Waals surface area contributed by atoms with Gasteiger partial charge in [-0.05, 0) is 30.2 Å². The zero-order chi connectivity index (χ0) is 22.9. The van der Waals surface area contributed by atoms with Gasteiger partial charge in [0.1, 0.15) is 12.8 Å². The Morgan fingerprint density at radius 1 is 1.03 bits per heavy atom. The minimum atomic E-state index is -1.78. The van der Waals surface area contributed by atoms with Crippen molar-refractivity contribution in [1.82, 2.24) is 5.32 Å². The van der Waals surface area contributed by atoms with Crippen molar-refractivity contribution in [3.05, 3.63) is 106 Å². The van der Waals surface area contributed by atoms with Crippen LogP contribution in [0.15, 0.2) is 72.8 Å². The van der Waals surface area contributed by atoms with Gasteiger partial charge in [0, 0.05) is 16.7 Å². The molecule has 7 nitrogen and oxygen atoms in total. The van der Waals surface area contributed by atoms with Crippen LogP contribution in [0.3, 0.4) is 0 Å². The fraction of sp³-hybridized carbons (Fsp3) is 0.200. The number of aliphatic hydroxyl groups is 2. The van der Waals surface area contributed by atoms with Gasteiger partial charge in [-0.25, -0.2) is 4.79 Å². The average Bonchev–Trinajstić information content (AvgIpc) is 3.08. The van der Waals surface area contributed by atoms with Gasteiger partial charge < -0.3 is 20.1 Å². The van der Waals surface area contributed by atoms with E-state index in [1.165, 1.54) is 18.2 Å². The van der Waals surface area contributed by atoms with Gasteiger partial charge in [-0.1, -0.05) is 60.7 Å². The van der Waals surface area contributed by atoms with Crippen molar-refractivity contribution in [2.45, 2.75) is 31.4 Å². The van der Waals surface area contributed by atoms with Crippen LogP contribution in [0.1, 0.15) is 57.2 Å². The Bertz CT molecular complexity index is 1160. The van der Waals surface area contributed by atoms with Crippen molar-refractivity contribution in [3.8, 4) is 0 Å². The molecular weight excluding hydrogens is 410 g/mol. The molecule has 7 heteroatoms. The molecule has 0 bridgehead atoms. The van der Waals surface area contributed by atoms with E-state index < -0.39 is 29.8 Å². The zero-order valence-electron chi connectivity index (χ0n) is 17.4. The number of hydrogen-bond acceptors (Lipinski definition) is 6. The summed E-state index contributed by atoms with van der Waals surface area (Å²) >= 11 is 0. The van der Waals surface area contributed by atoms with E-state index in [1.807, 2.05) is 30.3 Å². The second-order valence-corrected chi connectivity index (χ2v) is 7.76. The number of carbonyl (C=O) groups excluding carboxylic acids is 1. The molecule has 1 aliphatic rings. The van der Waals surface area contributed by atoms with Gasteiger partial charge in [0.15, 0.2) is 5.72 Å². The Labute approximate surface area is 184 Å². The topological polar surface area (TPSA) is 116 Å². The summed E-state index contributed by atoms with van der Waals surface area (Å²) in [6.45, 7) is 1.69. The smallest absolute Gasteiger partial charge is 0.335 e. The molecule has 1 aliphatic heterocycles. The van der Waals surface area contributed by atoms with Crippen molar-refractivity contribution in [1.29, 1.82) is 0 Å². The molecule has 4 N–H and O–H groups in total. The molecule has 0 fully saturated rings. The first-order chi connectivity index (χ1) is 15.3. The highest BCUT2D eigenvalue weighted by Gasteiger charge is 2.44. The Hall–Kier alpha value is -3.52. The zero-order valence-corrected chi connectivity index (χ0v) is 17.4. The summed E-state index contributed by atoms with van der Waals surface area (Å²) in [6, 6.07) is 20.4. The Balaban J connectivity index is 1.61. The molecule has 0 radical (unpaired) electrons. The molecule has 0 saturated heterocycles. The fourth-order valence-electron chi connectivity index (χ4n) is 3.98. The van der Waals surface area contributed by atoms with Crippen molar-refractivity contribution in [2.24, 2.45) is 0 Å².